The average molecular weight is 355 g/mol. The lowest BCUT2D eigenvalue weighted by Gasteiger charge is -2.14. The van der Waals surface area contributed by atoms with E-state index in [2.05, 4.69) is 0 Å². The van der Waals surface area contributed by atoms with Crippen molar-refractivity contribution in [2.75, 3.05) is 0 Å². The van der Waals surface area contributed by atoms with Crippen LogP contribution in [-0.4, -0.2) is 28.1 Å². The molecule has 5 nitrogen and oxygen atoms in total. The Morgan fingerprint density at radius 1 is 1.04 bits per heavy atom. The van der Waals surface area contributed by atoms with Crippen molar-refractivity contribution in [3.63, 3.8) is 0 Å². The third kappa shape index (κ3) is 3.75. The molecule has 0 saturated carbocycles. The number of hydrogen-bond donors (Lipinski definition) is 2. The van der Waals surface area contributed by atoms with Crippen LogP contribution in [0.4, 0.5) is 0 Å². The van der Waals surface area contributed by atoms with Gasteiger partial charge in [0.1, 0.15) is 16.5 Å². The zero-order chi connectivity index (χ0) is 17.1. The number of carbonyl (C=O) groups is 2. The third-order valence-corrected chi connectivity index (χ3v) is 3.94. The Bertz CT molecular complexity index is 756. The fraction of sp³-hybridized carbons (Fsp3) is 0.125. The fourth-order valence-electron chi connectivity index (χ4n) is 1.81. The number of phenols is 1. The first-order valence-electron chi connectivity index (χ1n) is 6.52. The molecule has 0 heterocycles. The van der Waals surface area contributed by atoms with Gasteiger partial charge in [0.2, 0.25) is 0 Å². The smallest absolute Gasteiger partial charge is 0.344 e. The number of aromatic hydroxyl groups is 1. The van der Waals surface area contributed by atoms with E-state index in [-0.39, 0.29) is 32.9 Å². The second-order valence-electron chi connectivity index (χ2n) is 4.71. The first-order valence-corrected chi connectivity index (χ1v) is 7.28. The summed E-state index contributed by atoms with van der Waals surface area (Å²) in [6.07, 6.45) is -1.11. The first-order chi connectivity index (χ1) is 10.8. The molecule has 0 fully saturated rings. The van der Waals surface area contributed by atoms with E-state index in [9.17, 15) is 14.7 Å². The number of carbonyl (C=O) groups excluding carboxylic acids is 1. The second kappa shape index (κ2) is 6.89. The molecule has 0 aliphatic rings. The minimum atomic E-state index is -1.15. The molecule has 0 aromatic heterocycles. The molecule has 7 heteroatoms. The lowest BCUT2D eigenvalue weighted by atomic mass is 10.0. The third-order valence-electron chi connectivity index (χ3n) is 3.07. The summed E-state index contributed by atoms with van der Waals surface area (Å²) in [5.74, 6) is -1.41. The second-order valence-corrected chi connectivity index (χ2v) is 5.47. The van der Waals surface area contributed by atoms with E-state index >= 15 is 0 Å². The van der Waals surface area contributed by atoms with Crippen molar-refractivity contribution in [3.05, 3.63) is 57.6 Å². The maximum Gasteiger partial charge on any atom is 0.344 e. The lowest BCUT2D eigenvalue weighted by Crippen LogP contribution is -2.23. The summed E-state index contributed by atoms with van der Waals surface area (Å²) in [6.45, 7) is 1.35. The minimum absolute atomic E-state index is 0.0279. The Kier molecular flexibility index (Phi) is 5.13. The normalized spacial score (nSPS) is 11.8. The molecule has 1 atom stereocenters. The molecular weight excluding hydrogens is 343 g/mol. The van der Waals surface area contributed by atoms with Crippen molar-refractivity contribution in [2.24, 2.45) is 0 Å². The number of halogens is 2. The van der Waals surface area contributed by atoms with Gasteiger partial charge in [-0.05, 0) is 43.3 Å². The first kappa shape index (κ1) is 17.1. The van der Waals surface area contributed by atoms with Crippen molar-refractivity contribution < 1.29 is 24.5 Å². The van der Waals surface area contributed by atoms with Crippen LogP contribution < -0.4 is 4.74 Å². The van der Waals surface area contributed by atoms with Crippen LogP contribution >= 0.6 is 23.2 Å². The SMILES string of the molecule is C[C@@H](Oc1ccc(C(=O)c2ccc(O)cc2)c(Cl)c1Cl)C(=O)O. The van der Waals surface area contributed by atoms with Gasteiger partial charge >= 0.3 is 5.97 Å². The Morgan fingerprint density at radius 3 is 2.22 bits per heavy atom. The van der Waals surface area contributed by atoms with Gasteiger partial charge < -0.3 is 14.9 Å². The molecular formula is C16H12Cl2O5. The number of aliphatic carboxylic acids is 1. The Morgan fingerprint density at radius 2 is 1.65 bits per heavy atom. The number of hydrogen-bond acceptors (Lipinski definition) is 4. The van der Waals surface area contributed by atoms with Crippen LogP contribution in [0.25, 0.3) is 0 Å². The number of ketones is 1. The van der Waals surface area contributed by atoms with Crippen LogP contribution in [-0.2, 0) is 4.79 Å². The van der Waals surface area contributed by atoms with Crippen LogP contribution in [0.15, 0.2) is 36.4 Å². The van der Waals surface area contributed by atoms with Gasteiger partial charge in [-0.15, -0.1) is 0 Å². The van der Waals surface area contributed by atoms with Crippen molar-refractivity contribution in [2.45, 2.75) is 13.0 Å². The molecule has 23 heavy (non-hydrogen) atoms. The maximum absolute atomic E-state index is 12.4. The standard InChI is InChI=1S/C16H12Cl2O5/c1-8(16(21)22)23-12-7-6-11(13(17)14(12)18)15(20)9-2-4-10(19)5-3-9/h2-8,19H,1H3,(H,21,22)/t8-/m1/s1. The molecule has 2 aromatic rings. The maximum atomic E-state index is 12.4. The Balaban J connectivity index is 2.34. The highest BCUT2D eigenvalue weighted by atomic mass is 35.5. The van der Waals surface area contributed by atoms with Gasteiger partial charge in [0, 0.05) is 11.1 Å². The highest BCUT2D eigenvalue weighted by molar-refractivity contribution is 6.45. The number of benzene rings is 2. The summed E-state index contributed by atoms with van der Waals surface area (Å²) in [7, 11) is 0. The molecule has 0 radical (unpaired) electrons. The van der Waals surface area contributed by atoms with E-state index < -0.39 is 12.1 Å². The summed E-state index contributed by atoms with van der Waals surface area (Å²) in [5.41, 5.74) is 0.478. The lowest BCUT2D eigenvalue weighted by molar-refractivity contribution is -0.144. The summed E-state index contributed by atoms with van der Waals surface area (Å²) in [5, 5.41) is 18.0. The zero-order valence-corrected chi connectivity index (χ0v) is 13.4. The molecule has 120 valence electrons. The molecule has 0 aliphatic heterocycles. The van der Waals surface area contributed by atoms with Gasteiger partial charge in [-0.3, -0.25) is 4.79 Å². The van der Waals surface area contributed by atoms with Crippen LogP contribution in [0.1, 0.15) is 22.8 Å². The van der Waals surface area contributed by atoms with E-state index in [0.717, 1.165) is 0 Å². The Labute approximate surface area is 142 Å². The summed E-state index contributed by atoms with van der Waals surface area (Å²) >= 11 is 12.2. The predicted molar refractivity (Wildman–Crippen MR) is 85.7 cm³/mol. The van der Waals surface area contributed by atoms with Gasteiger partial charge in [-0.2, -0.15) is 0 Å². The van der Waals surface area contributed by atoms with E-state index in [4.69, 9.17) is 33.0 Å². The van der Waals surface area contributed by atoms with Gasteiger partial charge in [0.25, 0.3) is 0 Å². The molecule has 2 rings (SSSR count). The summed E-state index contributed by atoms with van der Waals surface area (Å²) < 4.78 is 5.18. The topological polar surface area (TPSA) is 83.8 Å². The van der Waals surface area contributed by atoms with E-state index in [1.54, 1.807) is 0 Å². The fourth-order valence-corrected chi connectivity index (χ4v) is 2.26. The van der Waals surface area contributed by atoms with E-state index in [1.165, 1.54) is 43.3 Å². The summed E-state index contributed by atoms with van der Waals surface area (Å²) in [6, 6.07) is 8.48. The molecule has 0 spiro atoms. The predicted octanol–water partition coefficient (Wildman–Crippen LogP) is 3.78. The van der Waals surface area contributed by atoms with Crippen LogP contribution in [0.3, 0.4) is 0 Å². The van der Waals surface area contributed by atoms with Gasteiger partial charge in [0.15, 0.2) is 11.9 Å². The molecule has 2 N–H and O–H groups in total. The highest BCUT2D eigenvalue weighted by Crippen LogP contribution is 2.36. The molecule has 0 unspecified atom stereocenters. The van der Waals surface area contributed by atoms with E-state index in [0.29, 0.717) is 5.56 Å². The van der Waals surface area contributed by atoms with Crippen molar-refractivity contribution in [1.29, 1.82) is 0 Å². The molecule has 0 bridgehead atoms. The van der Waals surface area contributed by atoms with Gasteiger partial charge in [-0.1, -0.05) is 23.2 Å². The Hall–Kier alpha value is -2.24. The van der Waals surface area contributed by atoms with Crippen molar-refractivity contribution in [1.82, 2.24) is 0 Å². The van der Waals surface area contributed by atoms with Gasteiger partial charge in [0.05, 0.1) is 5.02 Å². The molecule has 0 saturated heterocycles. The quantitative estimate of drug-likeness (QED) is 0.798. The minimum Gasteiger partial charge on any atom is -0.508 e. The molecule has 0 aliphatic carbocycles. The van der Waals surface area contributed by atoms with Crippen LogP contribution in [0.2, 0.25) is 10.0 Å². The van der Waals surface area contributed by atoms with E-state index in [1.807, 2.05) is 0 Å². The number of phenolic OH excluding ortho intramolecular Hbond substituents is 1. The average Bonchev–Trinajstić information content (AvgIpc) is 2.52. The zero-order valence-electron chi connectivity index (χ0n) is 11.9. The van der Waals surface area contributed by atoms with Gasteiger partial charge in [-0.25, -0.2) is 4.79 Å². The van der Waals surface area contributed by atoms with Crippen molar-refractivity contribution in [3.8, 4) is 11.5 Å². The number of ether oxygens (including phenoxy) is 1. The van der Waals surface area contributed by atoms with Crippen molar-refractivity contribution >= 4 is 35.0 Å². The number of carboxylic acid groups (broad SMARTS) is 1. The number of carboxylic acids is 1. The molecule has 2 aromatic carbocycles. The summed E-state index contributed by atoms with van der Waals surface area (Å²) in [4.78, 5) is 23.2. The van der Waals surface area contributed by atoms with Crippen LogP contribution in [0, 0.1) is 0 Å². The monoisotopic (exact) mass is 354 g/mol. The highest BCUT2D eigenvalue weighted by Gasteiger charge is 2.20. The largest absolute Gasteiger partial charge is 0.508 e. The molecule has 0 amide bonds. The number of rotatable bonds is 5. The van der Waals surface area contributed by atoms with Crippen LogP contribution in [0.5, 0.6) is 11.5 Å².